The Labute approximate surface area is 345 Å². The molecule has 0 amide bonds. The molecule has 2 nitrogen and oxygen atoms in total. The fourth-order valence-corrected chi connectivity index (χ4v) is 10.3. The van der Waals surface area contributed by atoms with E-state index in [-0.39, 0.29) is 0 Å². The van der Waals surface area contributed by atoms with Crippen molar-refractivity contribution in [2.24, 2.45) is 0 Å². The van der Waals surface area contributed by atoms with Crippen molar-refractivity contribution in [1.29, 1.82) is 0 Å². The predicted octanol–water partition coefficient (Wildman–Crippen LogP) is 16.7. The number of rotatable bonds is 6. The molecule has 0 atom stereocenters. The molecule has 0 radical (unpaired) electrons. The van der Waals surface area contributed by atoms with E-state index in [2.05, 4.69) is 217 Å². The van der Waals surface area contributed by atoms with Gasteiger partial charge in [0.25, 0.3) is 0 Å². The van der Waals surface area contributed by atoms with Crippen LogP contribution in [0.2, 0.25) is 0 Å². The first-order chi connectivity index (χ1) is 29.2. The molecule has 0 N–H and O–H groups in total. The van der Waals surface area contributed by atoms with E-state index in [4.69, 9.17) is 4.42 Å². The second-order valence-electron chi connectivity index (χ2n) is 15.2. The van der Waals surface area contributed by atoms with Crippen LogP contribution in [0, 0.1) is 0 Å². The van der Waals surface area contributed by atoms with E-state index in [0.717, 1.165) is 50.1 Å². The van der Waals surface area contributed by atoms with Crippen LogP contribution in [-0.2, 0) is 0 Å². The highest BCUT2D eigenvalue weighted by Gasteiger charge is 2.21. The van der Waals surface area contributed by atoms with Crippen LogP contribution >= 0.6 is 11.3 Å². The number of thiophene rings is 1. The van der Waals surface area contributed by atoms with Crippen LogP contribution in [0.5, 0.6) is 0 Å². The molecule has 12 aromatic rings. The predicted molar refractivity (Wildman–Crippen MR) is 253 cm³/mol. The third-order valence-electron chi connectivity index (χ3n) is 11.9. The standard InChI is InChI=1S/C56H35NOS/c1-2-12-36(13-3-1)40-27-26-38-16-9-20-45(51(38)34-40)48-21-10-22-49-46-33-32-42(35-53(46)58-55(48)49)57(52-24-11-23-50-47-18-6-7-25-54(47)59-56(50)52)41-30-28-39(29-31-41)44-19-8-15-37-14-4-5-17-43(37)44/h1-35H. The molecular weight excluding hydrogens is 735 g/mol. The van der Waals surface area contributed by atoms with Crippen molar-refractivity contribution in [3.63, 3.8) is 0 Å². The number of fused-ring (bicyclic) bond motifs is 8. The van der Waals surface area contributed by atoms with E-state index in [9.17, 15) is 0 Å². The van der Waals surface area contributed by atoms with Gasteiger partial charge in [0, 0.05) is 49.2 Å². The number of furan rings is 1. The van der Waals surface area contributed by atoms with Crippen LogP contribution in [0.15, 0.2) is 217 Å². The van der Waals surface area contributed by atoms with Gasteiger partial charge in [0.15, 0.2) is 0 Å². The largest absolute Gasteiger partial charge is 0.455 e. The highest BCUT2D eigenvalue weighted by atomic mass is 32.1. The van der Waals surface area contributed by atoms with Crippen LogP contribution in [0.1, 0.15) is 0 Å². The van der Waals surface area contributed by atoms with Gasteiger partial charge in [-0.05, 0) is 91.8 Å². The summed E-state index contributed by atoms with van der Waals surface area (Å²) in [6.45, 7) is 0. The van der Waals surface area contributed by atoms with Gasteiger partial charge in [-0.2, -0.15) is 0 Å². The zero-order valence-electron chi connectivity index (χ0n) is 32.0. The van der Waals surface area contributed by atoms with Crippen molar-refractivity contribution in [3.05, 3.63) is 212 Å². The molecule has 0 aliphatic rings. The fraction of sp³-hybridized carbons (Fsp3) is 0. The Balaban J connectivity index is 1.03. The number of nitrogens with zero attached hydrogens (tertiary/aromatic N) is 1. The minimum Gasteiger partial charge on any atom is -0.455 e. The van der Waals surface area contributed by atoms with E-state index < -0.39 is 0 Å². The van der Waals surface area contributed by atoms with Crippen molar-refractivity contribution in [2.75, 3.05) is 4.90 Å². The van der Waals surface area contributed by atoms with Gasteiger partial charge in [0.05, 0.1) is 10.4 Å². The molecule has 0 bridgehead atoms. The second kappa shape index (κ2) is 13.6. The lowest BCUT2D eigenvalue weighted by atomic mass is 9.94. The van der Waals surface area contributed by atoms with Gasteiger partial charge < -0.3 is 9.32 Å². The first kappa shape index (κ1) is 33.7. The molecule has 0 saturated carbocycles. The maximum absolute atomic E-state index is 6.99. The summed E-state index contributed by atoms with van der Waals surface area (Å²) in [6, 6.07) is 76.8. The smallest absolute Gasteiger partial charge is 0.143 e. The van der Waals surface area contributed by atoms with Crippen LogP contribution in [-0.4, -0.2) is 0 Å². The Kier molecular flexibility index (Phi) is 7.75. The summed E-state index contributed by atoms with van der Waals surface area (Å²) < 4.78 is 9.53. The lowest BCUT2D eigenvalue weighted by Crippen LogP contribution is -2.10. The molecule has 0 unspecified atom stereocenters. The summed E-state index contributed by atoms with van der Waals surface area (Å²) in [5.74, 6) is 0. The summed E-state index contributed by atoms with van der Waals surface area (Å²) in [4.78, 5) is 2.40. The molecule has 0 fully saturated rings. The molecule has 3 heteroatoms. The lowest BCUT2D eigenvalue weighted by Gasteiger charge is -2.26. The van der Waals surface area contributed by atoms with Crippen LogP contribution in [0.3, 0.4) is 0 Å². The second-order valence-corrected chi connectivity index (χ2v) is 16.3. The third kappa shape index (κ3) is 5.55. The molecule has 0 spiro atoms. The van der Waals surface area contributed by atoms with Crippen LogP contribution in [0.4, 0.5) is 17.1 Å². The van der Waals surface area contributed by atoms with E-state index in [1.807, 2.05) is 11.3 Å². The maximum Gasteiger partial charge on any atom is 0.143 e. The van der Waals surface area contributed by atoms with Crippen LogP contribution in [0.25, 0.3) is 97.0 Å². The first-order valence-corrected chi connectivity index (χ1v) is 20.9. The van der Waals surface area contributed by atoms with Crippen molar-refractivity contribution < 1.29 is 4.42 Å². The summed E-state index contributed by atoms with van der Waals surface area (Å²) in [6.07, 6.45) is 0. The molecule has 59 heavy (non-hydrogen) atoms. The summed E-state index contributed by atoms with van der Waals surface area (Å²) >= 11 is 1.85. The SMILES string of the molecule is c1ccc(-c2ccc3cccc(-c4cccc5c4oc4cc(N(c6ccc(-c7cccc8ccccc78)cc6)c6cccc7c6sc6ccccc67)ccc45)c3c2)cc1. The van der Waals surface area contributed by atoms with Gasteiger partial charge in [0.2, 0.25) is 0 Å². The van der Waals surface area contributed by atoms with Gasteiger partial charge in [0.1, 0.15) is 11.2 Å². The molecule has 0 saturated heterocycles. The highest BCUT2D eigenvalue weighted by Crippen LogP contribution is 2.47. The van der Waals surface area contributed by atoms with Crippen molar-refractivity contribution >= 4 is 92.1 Å². The average molecular weight is 770 g/mol. The Bertz CT molecular complexity index is 3550. The lowest BCUT2D eigenvalue weighted by molar-refractivity contribution is 0.670. The molecule has 276 valence electrons. The average Bonchev–Trinajstić information content (AvgIpc) is 3.88. The summed E-state index contributed by atoms with van der Waals surface area (Å²) in [7, 11) is 0. The van der Waals surface area contributed by atoms with Gasteiger partial charge in [-0.3, -0.25) is 0 Å². The number of hydrogen-bond acceptors (Lipinski definition) is 3. The maximum atomic E-state index is 6.99. The highest BCUT2D eigenvalue weighted by molar-refractivity contribution is 7.26. The molecule has 10 aromatic carbocycles. The Hall–Kier alpha value is -7.46. The van der Waals surface area contributed by atoms with E-state index in [1.165, 1.54) is 64.0 Å². The summed E-state index contributed by atoms with van der Waals surface area (Å²) in [5, 5.41) is 9.66. The van der Waals surface area contributed by atoms with Crippen LogP contribution < -0.4 is 4.90 Å². The zero-order chi connectivity index (χ0) is 38.9. The topological polar surface area (TPSA) is 16.4 Å². The quantitative estimate of drug-likeness (QED) is 0.167. The minimum atomic E-state index is 0.857. The van der Waals surface area contributed by atoms with Gasteiger partial charge in [-0.1, -0.05) is 164 Å². The van der Waals surface area contributed by atoms with Gasteiger partial charge in [-0.15, -0.1) is 11.3 Å². The van der Waals surface area contributed by atoms with E-state index in [1.54, 1.807) is 0 Å². The van der Waals surface area contributed by atoms with E-state index >= 15 is 0 Å². The number of hydrogen-bond donors (Lipinski definition) is 0. The molecule has 12 rings (SSSR count). The van der Waals surface area contributed by atoms with Gasteiger partial charge >= 0.3 is 0 Å². The fourth-order valence-electron chi connectivity index (χ4n) is 9.06. The number of para-hydroxylation sites is 1. The van der Waals surface area contributed by atoms with Crippen molar-refractivity contribution in [1.82, 2.24) is 0 Å². The normalized spacial score (nSPS) is 11.7. The first-order valence-electron chi connectivity index (χ1n) is 20.1. The number of anilines is 3. The minimum absolute atomic E-state index is 0.857. The van der Waals surface area contributed by atoms with Crippen molar-refractivity contribution in [3.8, 4) is 33.4 Å². The number of benzene rings is 10. The summed E-state index contributed by atoms with van der Waals surface area (Å²) in [5.41, 5.74) is 12.1. The molecule has 2 heterocycles. The molecule has 0 aliphatic heterocycles. The van der Waals surface area contributed by atoms with Crippen molar-refractivity contribution in [2.45, 2.75) is 0 Å². The zero-order valence-corrected chi connectivity index (χ0v) is 32.8. The Morgan fingerprint density at radius 2 is 1.00 bits per heavy atom. The molecule has 2 aromatic heterocycles. The molecule has 0 aliphatic carbocycles. The van der Waals surface area contributed by atoms with Gasteiger partial charge in [-0.25, -0.2) is 0 Å². The monoisotopic (exact) mass is 769 g/mol. The van der Waals surface area contributed by atoms with E-state index in [0.29, 0.717) is 0 Å². The molecular formula is C56H35NOS. The third-order valence-corrected chi connectivity index (χ3v) is 13.1. The Morgan fingerprint density at radius 1 is 0.356 bits per heavy atom. The Morgan fingerprint density at radius 3 is 1.88 bits per heavy atom.